The highest BCUT2D eigenvalue weighted by atomic mass is 19.1. The Morgan fingerprint density at radius 1 is 1.06 bits per heavy atom. The van der Waals surface area contributed by atoms with E-state index in [1.807, 2.05) is 24.3 Å². The number of hydrogen-bond acceptors (Lipinski definition) is 5. The average molecular weight is 475 g/mol. The number of pyridine rings is 1. The van der Waals surface area contributed by atoms with Crippen LogP contribution in [0.4, 0.5) is 10.1 Å². The second kappa shape index (κ2) is 10.9. The van der Waals surface area contributed by atoms with E-state index < -0.39 is 17.8 Å². The Bertz CT molecular complexity index is 1290. The van der Waals surface area contributed by atoms with Crippen molar-refractivity contribution in [2.75, 3.05) is 11.4 Å². The van der Waals surface area contributed by atoms with E-state index in [1.54, 1.807) is 24.5 Å². The van der Waals surface area contributed by atoms with Crippen molar-refractivity contribution in [3.05, 3.63) is 84.4 Å². The lowest BCUT2D eigenvalue weighted by atomic mass is 10.0. The zero-order valence-electron chi connectivity index (χ0n) is 19.6. The molecule has 0 spiro atoms. The summed E-state index contributed by atoms with van der Waals surface area (Å²) >= 11 is 0. The molecule has 9 heteroatoms. The highest BCUT2D eigenvalue weighted by Gasteiger charge is 2.33. The van der Waals surface area contributed by atoms with E-state index in [-0.39, 0.29) is 12.5 Å². The summed E-state index contributed by atoms with van der Waals surface area (Å²) in [5.74, 6) is -0.787. The monoisotopic (exact) mass is 474 g/mol. The molecule has 1 N–H and O–H groups in total. The third kappa shape index (κ3) is 5.68. The van der Waals surface area contributed by atoms with Gasteiger partial charge in [0.15, 0.2) is 0 Å². The summed E-state index contributed by atoms with van der Waals surface area (Å²) in [5, 5.41) is 11.2. The van der Waals surface area contributed by atoms with Crippen molar-refractivity contribution in [1.82, 2.24) is 25.3 Å². The summed E-state index contributed by atoms with van der Waals surface area (Å²) in [6.45, 7) is 4.45. The van der Waals surface area contributed by atoms with Crippen LogP contribution in [0.15, 0.2) is 73.1 Å². The van der Waals surface area contributed by atoms with Gasteiger partial charge in [-0.1, -0.05) is 37.3 Å². The maximum absolute atomic E-state index is 13.8. The van der Waals surface area contributed by atoms with Crippen LogP contribution in [0, 0.1) is 11.7 Å². The Hall–Kier alpha value is -4.14. The molecule has 4 aromatic rings. The summed E-state index contributed by atoms with van der Waals surface area (Å²) in [6, 6.07) is 15.2. The number of para-hydroxylation sites is 1. The fraction of sp³-hybridized carbons (Fsp3) is 0.269. The fourth-order valence-corrected chi connectivity index (χ4v) is 3.81. The first kappa shape index (κ1) is 24.0. The first-order chi connectivity index (χ1) is 16.9. The molecular weight excluding hydrogens is 447 g/mol. The minimum atomic E-state index is -1.01. The second-order valence-electron chi connectivity index (χ2n) is 8.64. The van der Waals surface area contributed by atoms with Gasteiger partial charge in [-0.05, 0) is 54.8 Å². The molecular formula is C26H27FN6O2. The van der Waals surface area contributed by atoms with Crippen LogP contribution < -0.4 is 10.2 Å². The van der Waals surface area contributed by atoms with Gasteiger partial charge in [0.25, 0.3) is 0 Å². The largest absolute Gasteiger partial charge is 0.354 e. The number of benzene rings is 2. The zero-order valence-corrected chi connectivity index (χ0v) is 19.6. The quantitative estimate of drug-likeness (QED) is 0.397. The molecule has 0 aliphatic rings. The van der Waals surface area contributed by atoms with E-state index in [0.29, 0.717) is 34.7 Å². The number of fused-ring (bicyclic) bond motifs is 1. The maximum Gasteiger partial charge on any atom is 0.249 e. The molecule has 0 bridgehead atoms. The third-order valence-electron chi connectivity index (χ3n) is 5.61. The molecule has 2 aromatic heterocycles. The predicted molar refractivity (Wildman–Crippen MR) is 131 cm³/mol. The fourth-order valence-electron chi connectivity index (χ4n) is 3.81. The molecule has 0 saturated heterocycles. The van der Waals surface area contributed by atoms with Gasteiger partial charge in [-0.25, -0.2) is 9.07 Å². The second-order valence-corrected chi connectivity index (χ2v) is 8.64. The van der Waals surface area contributed by atoms with Crippen molar-refractivity contribution in [3.8, 4) is 0 Å². The number of carbonyl (C=O) groups excluding carboxylic acids is 2. The lowest BCUT2D eigenvalue weighted by Crippen LogP contribution is -2.45. The number of anilines is 1. The van der Waals surface area contributed by atoms with Crippen molar-refractivity contribution in [2.24, 2.45) is 5.92 Å². The Morgan fingerprint density at radius 3 is 2.54 bits per heavy atom. The summed E-state index contributed by atoms with van der Waals surface area (Å²) in [7, 11) is 0. The van der Waals surface area contributed by atoms with Crippen LogP contribution >= 0.6 is 0 Å². The van der Waals surface area contributed by atoms with Gasteiger partial charge in [0.1, 0.15) is 23.9 Å². The molecule has 4 rings (SSSR count). The van der Waals surface area contributed by atoms with Crippen LogP contribution in [-0.4, -0.2) is 38.3 Å². The third-order valence-corrected chi connectivity index (χ3v) is 5.61. The maximum atomic E-state index is 13.8. The molecule has 2 aromatic carbocycles. The number of rotatable bonds is 9. The molecule has 0 unspecified atom stereocenters. The summed E-state index contributed by atoms with van der Waals surface area (Å²) < 4.78 is 15.2. The van der Waals surface area contributed by atoms with E-state index in [2.05, 4.69) is 34.5 Å². The van der Waals surface area contributed by atoms with Crippen LogP contribution in [0.5, 0.6) is 0 Å². The zero-order chi connectivity index (χ0) is 24.8. The first-order valence-corrected chi connectivity index (χ1v) is 11.5. The van der Waals surface area contributed by atoms with Crippen molar-refractivity contribution in [3.63, 3.8) is 0 Å². The normalized spacial score (nSPS) is 12.0. The predicted octanol–water partition coefficient (Wildman–Crippen LogP) is 3.90. The van der Waals surface area contributed by atoms with Crippen LogP contribution in [0.2, 0.25) is 0 Å². The molecule has 1 atom stereocenters. The van der Waals surface area contributed by atoms with E-state index >= 15 is 0 Å². The number of hydrogen-bond donors (Lipinski definition) is 1. The van der Waals surface area contributed by atoms with E-state index in [9.17, 15) is 14.0 Å². The Morgan fingerprint density at radius 2 is 1.83 bits per heavy atom. The van der Waals surface area contributed by atoms with Gasteiger partial charge in [0.05, 0.1) is 5.52 Å². The number of nitrogens with zero attached hydrogens (tertiary/aromatic N) is 5. The topological polar surface area (TPSA) is 93.0 Å². The highest BCUT2D eigenvalue weighted by Crippen LogP contribution is 2.28. The molecule has 0 aliphatic carbocycles. The van der Waals surface area contributed by atoms with Crippen molar-refractivity contribution >= 4 is 28.5 Å². The number of aromatic nitrogens is 4. The number of amides is 2. The van der Waals surface area contributed by atoms with Gasteiger partial charge in [-0.2, -0.15) is 0 Å². The van der Waals surface area contributed by atoms with E-state index in [4.69, 9.17) is 0 Å². The summed E-state index contributed by atoms with van der Waals surface area (Å²) in [4.78, 5) is 32.8. The van der Waals surface area contributed by atoms with E-state index in [0.717, 1.165) is 6.42 Å². The van der Waals surface area contributed by atoms with Crippen LogP contribution in [0.1, 0.15) is 31.9 Å². The van der Waals surface area contributed by atoms with Gasteiger partial charge < -0.3 is 5.32 Å². The molecule has 8 nitrogen and oxygen atoms in total. The molecule has 0 saturated carbocycles. The van der Waals surface area contributed by atoms with E-state index in [1.165, 1.54) is 33.8 Å². The summed E-state index contributed by atoms with van der Waals surface area (Å²) in [5.41, 5.74) is 2.27. The molecule has 35 heavy (non-hydrogen) atoms. The standard InChI is InChI=1S/C26H27FN6O2/c1-18(2)13-15-29-26(35)25(19-6-5-14-28-16-19)33(21-11-9-20(27)10-12-21)24(34)17-32-23-8-4-3-7-22(23)30-31-32/h3-12,14,16,18,25H,13,15,17H2,1-2H3,(H,29,35)/t25-/m0/s1. The Kier molecular flexibility index (Phi) is 7.45. The van der Waals surface area contributed by atoms with Crippen LogP contribution in [0.3, 0.4) is 0 Å². The average Bonchev–Trinajstić information content (AvgIpc) is 3.26. The summed E-state index contributed by atoms with van der Waals surface area (Å²) in [6.07, 6.45) is 3.95. The number of carbonyl (C=O) groups is 2. The molecule has 0 aliphatic heterocycles. The van der Waals surface area contributed by atoms with Gasteiger partial charge >= 0.3 is 0 Å². The van der Waals surface area contributed by atoms with Crippen molar-refractivity contribution in [2.45, 2.75) is 32.9 Å². The SMILES string of the molecule is CC(C)CCNC(=O)[C@H](c1cccnc1)N(C(=O)Cn1nnc2ccccc21)c1ccc(F)cc1. The van der Waals surface area contributed by atoms with Crippen molar-refractivity contribution < 1.29 is 14.0 Å². The van der Waals surface area contributed by atoms with Gasteiger partial charge in [0, 0.05) is 30.2 Å². The lowest BCUT2D eigenvalue weighted by molar-refractivity contribution is -0.127. The smallest absolute Gasteiger partial charge is 0.249 e. The van der Waals surface area contributed by atoms with Crippen LogP contribution in [0.25, 0.3) is 11.0 Å². The molecule has 2 heterocycles. The molecule has 0 radical (unpaired) electrons. The molecule has 2 amide bonds. The minimum absolute atomic E-state index is 0.159. The minimum Gasteiger partial charge on any atom is -0.354 e. The van der Waals surface area contributed by atoms with Gasteiger partial charge in [-0.15, -0.1) is 5.10 Å². The Labute approximate surface area is 202 Å². The van der Waals surface area contributed by atoms with Gasteiger partial charge in [-0.3, -0.25) is 19.5 Å². The Balaban J connectivity index is 1.73. The first-order valence-electron chi connectivity index (χ1n) is 11.5. The van der Waals surface area contributed by atoms with Crippen molar-refractivity contribution in [1.29, 1.82) is 0 Å². The number of nitrogens with one attached hydrogen (secondary N) is 1. The highest BCUT2D eigenvalue weighted by molar-refractivity contribution is 6.01. The van der Waals surface area contributed by atoms with Gasteiger partial charge in [0.2, 0.25) is 11.8 Å². The molecule has 0 fully saturated rings. The molecule has 180 valence electrons. The van der Waals surface area contributed by atoms with Crippen LogP contribution in [-0.2, 0) is 16.1 Å². The lowest BCUT2D eigenvalue weighted by Gasteiger charge is -2.31. The number of halogens is 1.